The number of hydrogen-bond acceptors (Lipinski definition) is 3. The summed E-state index contributed by atoms with van der Waals surface area (Å²) in [6.45, 7) is 7.70. The molecule has 0 bridgehead atoms. The molecule has 0 aliphatic heterocycles. The molecule has 5 nitrogen and oxygen atoms in total. The largest absolute Gasteiger partial charge is 0.340 e. The molecule has 0 aliphatic carbocycles. The number of rotatable bonds is 6. The minimum atomic E-state index is 0.752. The van der Waals surface area contributed by atoms with Crippen molar-refractivity contribution >= 4 is 10.9 Å². The van der Waals surface area contributed by atoms with Crippen molar-refractivity contribution in [1.29, 1.82) is 0 Å². The molecule has 110 valence electrons. The summed E-state index contributed by atoms with van der Waals surface area (Å²) in [4.78, 5) is 4.36. The lowest BCUT2D eigenvalue weighted by Crippen LogP contribution is -2.12. The summed E-state index contributed by atoms with van der Waals surface area (Å²) in [5.41, 5.74) is 2.55. The molecule has 0 saturated heterocycles. The highest BCUT2D eigenvalue weighted by atomic mass is 15.3. The monoisotopic (exact) mass is 283 g/mol. The fourth-order valence-electron chi connectivity index (χ4n) is 2.57. The minimum Gasteiger partial charge on any atom is -0.340 e. The van der Waals surface area contributed by atoms with Crippen LogP contribution in [0.5, 0.6) is 0 Å². The summed E-state index contributed by atoms with van der Waals surface area (Å²) in [6, 6.07) is 8.77. The molecule has 0 aliphatic rings. The highest BCUT2D eigenvalue weighted by Crippen LogP contribution is 2.18. The summed E-state index contributed by atoms with van der Waals surface area (Å²) in [5.74, 6) is 0.993. The predicted molar refractivity (Wildman–Crippen MR) is 84.1 cm³/mol. The van der Waals surface area contributed by atoms with Gasteiger partial charge in [-0.2, -0.15) is 5.10 Å². The van der Waals surface area contributed by atoms with Gasteiger partial charge in [0.05, 0.1) is 6.54 Å². The zero-order chi connectivity index (χ0) is 14.7. The van der Waals surface area contributed by atoms with Crippen molar-refractivity contribution in [2.45, 2.75) is 33.5 Å². The molecule has 0 fully saturated rings. The van der Waals surface area contributed by atoms with Gasteiger partial charge in [-0.3, -0.25) is 0 Å². The van der Waals surface area contributed by atoms with Crippen LogP contribution in [0.25, 0.3) is 10.9 Å². The fraction of sp³-hybridized carbons (Fsp3) is 0.375. The summed E-state index contributed by atoms with van der Waals surface area (Å²) < 4.78 is 4.18. The van der Waals surface area contributed by atoms with Gasteiger partial charge in [0.2, 0.25) is 0 Å². The second-order valence-electron chi connectivity index (χ2n) is 5.11. The first kappa shape index (κ1) is 13.8. The highest BCUT2D eigenvalue weighted by Gasteiger charge is 2.07. The molecule has 0 radical (unpaired) electrons. The first-order chi connectivity index (χ1) is 10.3. The van der Waals surface area contributed by atoms with Gasteiger partial charge in [0.25, 0.3) is 0 Å². The number of fused-ring (bicyclic) bond motifs is 1. The van der Waals surface area contributed by atoms with Gasteiger partial charge in [-0.05, 0) is 36.6 Å². The fourth-order valence-corrected chi connectivity index (χ4v) is 2.57. The van der Waals surface area contributed by atoms with E-state index in [0.29, 0.717) is 0 Å². The number of nitrogens with zero attached hydrogens (tertiary/aromatic N) is 4. The second kappa shape index (κ2) is 6.10. The van der Waals surface area contributed by atoms with Crippen LogP contribution in [0.4, 0.5) is 0 Å². The Hall–Kier alpha value is -2.14. The molecule has 3 aromatic rings. The van der Waals surface area contributed by atoms with Crippen LogP contribution in [0.2, 0.25) is 0 Å². The third kappa shape index (κ3) is 2.83. The van der Waals surface area contributed by atoms with E-state index >= 15 is 0 Å². The van der Waals surface area contributed by atoms with Crippen LogP contribution in [0.1, 0.15) is 25.2 Å². The molecule has 1 N–H and O–H groups in total. The van der Waals surface area contributed by atoms with E-state index in [2.05, 4.69) is 64.3 Å². The Kier molecular flexibility index (Phi) is 4.01. The summed E-state index contributed by atoms with van der Waals surface area (Å²) >= 11 is 0. The van der Waals surface area contributed by atoms with Crippen LogP contribution in [0, 0.1) is 0 Å². The van der Waals surface area contributed by atoms with Gasteiger partial charge in [-0.1, -0.05) is 19.1 Å². The summed E-state index contributed by atoms with van der Waals surface area (Å²) in [5, 5.41) is 8.87. The van der Waals surface area contributed by atoms with Crippen LogP contribution in [-0.2, 0) is 19.6 Å². The lowest BCUT2D eigenvalue weighted by molar-refractivity contribution is 0.597. The van der Waals surface area contributed by atoms with Crippen molar-refractivity contribution in [3.63, 3.8) is 0 Å². The van der Waals surface area contributed by atoms with E-state index in [0.717, 1.165) is 32.0 Å². The van der Waals surface area contributed by atoms with Gasteiger partial charge < -0.3 is 9.88 Å². The van der Waals surface area contributed by atoms with Gasteiger partial charge in [0.15, 0.2) is 0 Å². The van der Waals surface area contributed by atoms with Gasteiger partial charge in [-0.25, -0.2) is 9.67 Å². The van der Waals surface area contributed by atoms with E-state index in [9.17, 15) is 0 Å². The van der Waals surface area contributed by atoms with Gasteiger partial charge in [0, 0.05) is 24.8 Å². The minimum absolute atomic E-state index is 0.752. The van der Waals surface area contributed by atoms with Crippen LogP contribution >= 0.6 is 0 Å². The standard InChI is InChI=1S/C16H21N5/c1-3-17-10-13-5-6-14-7-8-20(15(14)9-13)11-16-18-12-19-21(16)4-2/h5-9,12,17H,3-4,10-11H2,1-2H3. The SMILES string of the molecule is CCNCc1ccc2ccn(Cc3ncnn3CC)c2c1. The molecule has 0 spiro atoms. The van der Waals surface area contributed by atoms with E-state index in [1.165, 1.54) is 16.5 Å². The van der Waals surface area contributed by atoms with Crippen molar-refractivity contribution in [2.24, 2.45) is 0 Å². The van der Waals surface area contributed by atoms with Crippen LogP contribution in [0.15, 0.2) is 36.8 Å². The molecule has 0 amide bonds. The lowest BCUT2D eigenvalue weighted by atomic mass is 10.1. The smallest absolute Gasteiger partial charge is 0.146 e. The first-order valence-electron chi connectivity index (χ1n) is 7.47. The van der Waals surface area contributed by atoms with Crippen LogP contribution in [0.3, 0.4) is 0 Å². The molecule has 5 heteroatoms. The third-order valence-electron chi connectivity index (χ3n) is 3.72. The van der Waals surface area contributed by atoms with E-state index < -0.39 is 0 Å². The average molecular weight is 283 g/mol. The number of benzene rings is 1. The zero-order valence-corrected chi connectivity index (χ0v) is 12.6. The number of aromatic nitrogens is 4. The van der Waals surface area contributed by atoms with Crippen molar-refractivity contribution in [2.75, 3.05) is 6.54 Å². The Labute approximate surface area is 124 Å². The van der Waals surface area contributed by atoms with Crippen molar-refractivity contribution < 1.29 is 0 Å². The number of aryl methyl sites for hydroxylation is 1. The molecule has 3 rings (SSSR count). The molecule has 0 saturated carbocycles. The Bertz CT molecular complexity index is 725. The summed E-state index contributed by atoms with van der Waals surface area (Å²) in [7, 11) is 0. The Morgan fingerprint density at radius 1 is 1.19 bits per heavy atom. The maximum atomic E-state index is 4.36. The van der Waals surface area contributed by atoms with Gasteiger partial charge in [-0.15, -0.1) is 0 Å². The topological polar surface area (TPSA) is 47.7 Å². The lowest BCUT2D eigenvalue weighted by Gasteiger charge is -2.08. The maximum absolute atomic E-state index is 4.36. The predicted octanol–water partition coefficient (Wildman–Crippen LogP) is 2.41. The van der Waals surface area contributed by atoms with Crippen molar-refractivity contribution in [3.05, 3.63) is 48.2 Å². The quantitative estimate of drug-likeness (QED) is 0.755. The van der Waals surface area contributed by atoms with Crippen LogP contribution in [-0.4, -0.2) is 25.9 Å². The zero-order valence-electron chi connectivity index (χ0n) is 12.6. The molecule has 2 heterocycles. The maximum Gasteiger partial charge on any atom is 0.146 e. The van der Waals surface area contributed by atoms with E-state index in [1.54, 1.807) is 6.33 Å². The molecule has 0 atom stereocenters. The molecule has 21 heavy (non-hydrogen) atoms. The van der Waals surface area contributed by atoms with E-state index in [1.807, 2.05) is 4.68 Å². The molecule has 2 aromatic heterocycles. The molecular weight excluding hydrogens is 262 g/mol. The molecule has 1 aromatic carbocycles. The van der Waals surface area contributed by atoms with Gasteiger partial charge in [0.1, 0.15) is 12.2 Å². The average Bonchev–Trinajstić information content (AvgIpc) is 3.12. The van der Waals surface area contributed by atoms with E-state index in [4.69, 9.17) is 0 Å². The van der Waals surface area contributed by atoms with Crippen molar-refractivity contribution in [1.82, 2.24) is 24.6 Å². The normalized spacial score (nSPS) is 11.3. The highest BCUT2D eigenvalue weighted by molar-refractivity contribution is 5.80. The Morgan fingerprint density at radius 2 is 2.10 bits per heavy atom. The van der Waals surface area contributed by atoms with Crippen molar-refractivity contribution in [3.8, 4) is 0 Å². The Morgan fingerprint density at radius 3 is 2.90 bits per heavy atom. The van der Waals surface area contributed by atoms with E-state index in [-0.39, 0.29) is 0 Å². The molecule has 0 unspecified atom stereocenters. The van der Waals surface area contributed by atoms with Gasteiger partial charge >= 0.3 is 0 Å². The number of hydrogen-bond donors (Lipinski definition) is 1. The number of nitrogens with one attached hydrogen (secondary N) is 1. The Balaban J connectivity index is 1.91. The third-order valence-corrected chi connectivity index (χ3v) is 3.72. The first-order valence-corrected chi connectivity index (χ1v) is 7.47. The second-order valence-corrected chi connectivity index (χ2v) is 5.11. The van der Waals surface area contributed by atoms with Crippen LogP contribution < -0.4 is 5.32 Å². The molecular formula is C16H21N5. The summed E-state index contributed by atoms with van der Waals surface area (Å²) in [6.07, 6.45) is 3.75.